The van der Waals surface area contributed by atoms with Gasteiger partial charge in [-0.2, -0.15) is 15.5 Å². The summed E-state index contributed by atoms with van der Waals surface area (Å²) in [5.41, 5.74) is 4.97. The first kappa shape index (κ1) is 44.4. The summed E-state index contributed by atoms with van der Waals surface area (Å²) >= 11 is 0. The number of nitrogens with one attached hydrogen (secondary N) is 3. The van der Waals surface area contributed by atoms with Gasteiger partial charge in [0.1, 0.15) is 28.8 Å². The number of carbonyl (C=O) groups excluding carboxylic acids is 3. The van der Waals surface area contributed by atoms with Crippen LogP contribution in [0.2, 0.25) is 0 Å². The van der Waals surface area contributed by atoms with E-state index in [2.05, 4.69) is 59.6 Å². The van der Waals surface area contributed by atoms with Crippen LogP contribution >= 0.6 is 0 Å². The van der Waals surface area contributed by atoms with Gasteiger partial charge in [0, 0.05) is 99.9 Å². The van der Waals surface area contributed by atoms with Crippen molar-refractivity contribution >= 4 is 40.4 Å². The summed E-state index contributed by atoms with van der Waals surface area (Å²) in [6, 6.07) is 11.9. The van der Waals surface area contributed by atoms with E-state index in [0.717, 1.165) is 121 Å². The van der Waals surface area contributed by atoms with E-state index in [-0.39, 0.29) is 53.9 Å². The molecule has 2 saturated carbocycles. The molecule has 0 unspecified atom stereocenters. The zero-order valence-electron chi connectivity index (χ0n) is 38.3. The number of pyridine rings is 1. The first-order chi connectivity index (χ1) is 32.6. The average Bonchev–Trinajstić information content (AvgIpc) is 3.97. The maximum absolute atomic E-state index is 15.4. The maximum atomic E-state index is 15.4. The van der Waals surface area contributed by atoms with Crippen LogP contribution in [0, 0.1) is 28.5 Å². The lowest BCUT2D eigenvalue weighted by Crippen LogP contribution is -2.52. The lowest BCUT2D eigenvalue weighted by Gasteiger charge is -2.42. The number of hydrogen-bond acceptors (Lipinski definition) is 12. The summed E-state index contributed by atoms with van der Waals surface area (Å²) in [7, 11) is 0. The van der Waals surface area contributed by atoms with E-state index >= 15 is 4.39 Å². The fourth-order valence-electron chi connectivity index (χ4n) is 10.9. The first-order valence-electron chi connectivity index (χ1n) is 24.3. The molecule has 1 aromatic carbocycles. The van der Waals surface area contributed by atoms with Crippen molar-refractivity contribution in [2.75, 3.05) is 60.9 Å². The van der Waals surface area contributed by atoms with Gasteiger partial charge in [0.05, 0.1) is 47.1 Å². The third kappa shape index (κ3) is 9.45. The highest BCUT2D eigenvalue weighted by Gasteiger charge is 2.41. The fraction of sp³-hybridized carbons (Fsp3) is 0.520. The lowest BCUT2D eigenvalue weighted by atomic mass is 9.74. The standard InChI is InChI=1S/C50H60FN13O3/c1-2-50(49(67)57-37-4-3-5-37)16-18-62(19-17-50)44-14-8-34(27-53-44)47-48-35(26-52)28-55-64(48)32-42(58-47)36-29-54-63(31-36)40-11-6-33(7-12-40)30-60-20-22-61(23-21-60)43-13-9-38(24-41(43)51)56-39-10-15-45(65)59-46(66)25-39/h8-9,13-14,24,27-29,31-33,37,39-40,56H,2-7,10-12,15-23,25,30H2,1H3,(H,57,67)(H,59,65,66)/t33?,39-,40?/m0/s1. The number of halogens is 1. The summed E-state index contributed by atoms with van der Waals surface area (Å²) in [6.07, 6.45) is 20.2. The minimum absolute atomic E-state index is 0.180. The van der Waals surface area contributed by atoms with Gasteiger partial charge in [-0.15, -0.1) is 0 Å². The third-order valence-electron chi connectivity index (χ3n) is 15.3. The average molecular weight is 910 g/mol. The molecule has 5 fully saturated rings. The molecule has 7 heterocycles. The number of fused-ring (bicyclic) bond motifs is 1. The van der Waals surface area contributed by atoms with Gasteiger partial charge in [0.2, 0.25) is 17.7 Å². The number of amides is 3. The SMILES string of the molecule is CCC1(C(=O)NC2CCC2)CCN(c2ccc(-c3nc(-c4cnn(C5CCC(CN6CCN(c7ccc(N[C@H]8CCC(=O)NC(=O)C8)cc7F)CC6)CC5)c4)cn4ncc(C#N)c34)cn2)CC1. The fourth-order valence-corrected chi connectivity index (χ4v) is 10.9. The van der Waals surface area contributed by atoms with Crippen LogP contribution in [-0.4, -0.2) is 110 Å². The zero-order chi connectivity index (χ0) is 46.1. The monoisotopic (exact) mass is 909 g/mol. The van der Waals surface area contributed by atoms with Crippen LogP contribution in [0.5, 0.6) is 0 Å². The van der Waals surface area contributed by atoms with Crippen molar-refractivity contribution in [3.8, 4) is 28.6 Å². The second-order valence-corrected chi connectivity index (χ2v) is 19.5. The van der Waals surface area contributed by atoms with Crippen molar-refractivity contribution in [1.82, 2.24) is 44.9 Å². The Morgan fingerprint density at radius 1 is 0.881 bits per heavy atom. The van der Waals surface area contributed by atoms with Crippen LogP contribution in [0.25, 0.3) is 28.0 Å². The molecular weight excluding hydrogens is 850 g/mol. The lowest BCUT2D eigenvalue weighted by molar-refractivity contribution is -0.134. The molecule has 3 saturated heterocycles. The molecule has 16 nitrogen and oxygen atoms in total. The molecule has 3 N–H and O–H groups in total. The Hall–Kier alpha value is -6.41. The number of piperidine rings is 1. The summed E-state index contributed by atoms with van der Waals surface area (Å²) < 4.78 is 19.2. The van der Waals surface area contributed by atoms with Gasteiger partial charge >= 0.3 is 0 Å². The summed E-state index contributed by atoms with van der Waals surface area (Å²) in [6.45, 7) is 7.93. The number of imide groups is 1. The number of aromatic nitrogens is 6. The van der Waals surface area contributed by atoms with Crippen molar-refractivity contribution in [2.45, 2.75) is 109 Å². The zero-order valence-corrected chi connectivity index (χ0v) is 38.3. The molecule has 2 aliphatic carbocycles. The normalized spacial score (nSPS) is 22.7. The molecule has 5 aromatic rings. The minimum atomic E-state index is -0.326. The Morgan fingerprint density at radius 3 is 2.39 bits per heavy atom. The molecule has 0 bridgehead atoms. The topological polar surface area (TPSA) is 182 Å². The highest BCUT2D eigenvalue weighted by molar-refractivity contribution is 5.96. The second kappa shape index (κ2) is 19.1. The Kier molecular flexibility index (Phi) is 12.6. The Balaban J connectivity index is 0.733. The van der Waals surface area contributed by atoms with Crippen molar-refractivity contribution in [2.24, 2.45) is 11.3 Å². The molecule has 0 spiro atoms. The largest absolute Gasteiger partial charge is 0.382 e. The van der Waals surface area contributed by atoms with E-state index in [1.807, 2.05) is 42.9 Å². The van der Waals surface area contributed by atoms with Gasteiger partial charge < -0.3 is 20.4 Å². The predicted molar refractivity (Wildman–Crippen MR) is 253 cm³/mol. The van der Waals surface area contributed by atoms with Crippen molar-refractivity contribution in [1.29, 1.82) is 5.26 Å². The maximum Gasteiger partial charge on any atom is 0.228 e. The van der Waals surface area contributed by atoms with Crippen molar-refractivity contribution in [3.63, 3.8) is 0 Å². The number of piperazine rings is 1. The van der Waals surface area contributed by atoms with Gasteiger partial charge in [0.25, 0.3) is 0 Å². The highest BCUT2D eigenvalue weighted by atomic mass is 19.1. The van der Waals surface area contributed by atoms with Gasteiger partial charge in [-0.3, -0.25) is 29.3 Å². The Bertz CT molecular complexity index is 2650. The number of hydrogen-bond donors (Lipinski definition) is 3. The van der Waals surface area contributed by atoms with E-state index in [9.17, 15) is 19.6 Å². The quantitative estimate of drug-likeness (QED) is 0.116. The van der Waals surface area contributed by atoms with E-state index in [1.165, 1.54) is 12.5 Å². The molecule has 350 valence electrons. The van der Waals surface area contributed by atoms with Crippen LogP contribution in [0.4, 0.5) is 21.6 Å². The molecule has 3 amide bonds. The van der Waals surface area contributed by atoms with Crippen molar-refractivity contribution < 1.29 is 18.8 Å². The van der Waals surface area contributed by atoms with E-state index in [4.69, 9.17) is 15.1 Å². The molecular formula is C50H60FN13O3. The van der Waals surface area contributed by atoms with Crippen molar-refractivity contribution in [3.05, 3.63) is 72.7 Å². The number of rotatable bonds is 12. The molecule has 0 radical (unpaired) electrons. The number of benzene rings is 1. The Labute approximate surface area is 390 Å². The van der Waals surface area contributed by atoms with Gasteiger partial charge in [-0.05, 0) is 107 Å². The summed E-state index contributed by atoms with van der Waals surface area (Å²) in [4.78, 5) is 53.9. The summed E-state index contributed by atoms with van der Waals surface area (Å²) in [5, 5.41) is 28.3. The van der Waals surface area contributed by atoms with Crippen LogP contribution in [-0.2, 0) is 14.4 Å². The summed E-state index contributed by atoms with van der Waals surface area (Å²) in [5.74, 6) is 0.798. The molecule has 10 rings (SSSR count). The minimum Gasteiger partial charge on any atom is -0.382 e. The first-order valence-corrected chi connectivity index (χ1v) is 24.3. The Morgan fingerprint density at radius 2 is 1.69 bits per heavy atom. The molecule has 3 aliphatic heterocycles. The van der Waals surface area contributed by atoms with Crippen LogP contribution in [0.15, 0.2) is 61.3 Å². The van der Waals surface area contributed by atoms with Gasteiger partial charge in [-0.25, -0.2) is 18.9 Å². The van der Waals surface area contributed by atoms with Crippen LogP contribution in [0.3, 0.4) is 0 Å². The molecule has 1 atom stereocenters. The van der Waals surface area contributed by atoms with E-state index < -0.39 is 0 Å². The molecule has 67 heavy (non-hydrogen) atoms. The van der Waals surface area contributed by atoms with E-state index in [1.54, 1.807) is 10.7 Å². The number of anilines is 3. The smallest absolute Gasteiger partial charge is 0.228 e. The number of nitrogens with zero attached hydrogens (tertiary/aromatic N) is 10. The van der Waals surface area contributed by atoms with Gasteiger partial charge in [-0.1, -0.05) is 6.92 Å². The highest BCUT2D eigenvalue weighted by Crippen LogP contribution is 2.39. The molecule has 17 heteroatoms. The second-order valence-electron chi connectivity index (χ2n) is 19.5. The predicted octanol–water partition coefficient (Wildman–Crippen LogP) is 6.49. The van der Waals surface area contributed by atoms with E-state index in [0.29, 0.717) is 52.2 Å². The van der Waals surface area contributed by atoms with Crippen LogP contribution in [0.1, 0.15) is 102 Å². The van der Waals surface area contributed by atoms with Crippen LogP contribution < -0.4 is 25.8 Å². The molecule has 4 aromatic heterocycles. The van der Waals surface area contributed by atoms with Gasteiger partial charge in [0.15, 0.2) is 0 Å². The molecule has 5 aliphatic rings. The third-order valence-corrected chi connectivity index (χ3v) is 15.3. The number of nitriles is 1. The number of carbonyl (C=O) groups is 3.